The zero-order valence-corrected chi connectivity index (χ0v) is 20.8. The van der Waals surface area contributed by atoms with Gasteiger partial charge in [0.25, 0.3) is 5.91 Å². The Kier molecular flexibility index (Phi) is 6.84. The molecule has 0 radical (unpaired) electrons. The molecule has 0 spiro atoms. The first-order valence-corrected chi connectivity index (χ1v) is 12.9. The molecule has 2 fully saturated rings. The van der Waals surface area contributed by atoms with Gasteiger partial charge in [-0.2, -0.15) is 0 Å². The number of benzene rings is 1. The lowest BCUT2D eigenvalue weighted by molar-refractivity contribution is 0.0433. The number of rotatable bonds is 4. The third kappa shape index (κ3) is 4.96. The molecule has 1 aromatic carbocycles. The molecule has 2 aliphatic heterocycles. The Labute approximate surface area is 207 Å². The number of piperidine rings is 2. The molecule has 4 heterocycles. The van der Waals surface area contributed by atoms with Crippen molar-refractivity contribution in [3.05, 3.63) is 70.5 Å². The molecule has 2 aliphatic rings. The zero-order valence-electron chi connectivity index (χ0n) is 20.1. The van der Waals surface area contributed by atoms with E-state index in [-0.39, 0.29) is 5.91 Å². The van der Waals surface area contributed by atoms with Gasteiger partial charge in [0, 0.05) is 42.3 Å². The summed E-state index contributed by atoms with van der Waals surface area (Å²) in [7, 11) is 0. The molecular weight excluding hydrogens is 444 g/mol. The van der Waals surface area contributed by atoms with E-state index in [0.29, 0.717) is 29.2 Å². The SMILES string of the molecule is Cc1ccc(CC2CCN(C3CCN(C(=O)c4ccc5cccnc5n4)CC3)CC2C)cc1Cl. The van der Waals surface area contributed by atoms with Crippen LogP contribution in [0, 0.1) is 18.8 Å². The van der Waals surface area contributed by atoms with Crippen molar-refractivity contribution in [2.24, 2.45) is 11.8 Å². The number of amides is 1. The summed E-state index contributed by atoms with van der Waals surface area (Å²) in [5.74, 6) is 1.38. The Morgan fingerprint density at radius 3 is 2.68 bits per heavy atom. The van der Waals surface area contributed by atoms with Gasteiger partial charge < -0.3 is 4.90 Å². The molecule has 2 aromatic heterocycles. The van der Waals surface area contributed by atoms with Gasteiger partial charge in [-0.25, -0.2) is 9.97 Å². The molecule has 0 aliphatic carbocycles. The quantitative estimate of drug-likeness (QED) is 0.506. The second kappa shape index (κ2) is 10.0. The standard InChI is InChI=1S/C28H33ClN4O/c1-19-5-6-21(17-25(19)29)16-23-9-13-33(18-20(23)2)24-10-14-32(15-11-24)28(34)26-8-7-22-4-3-12-30-27(22)31-26/h3-8,12,17,20,23-24H,9-11,13-16,18H2,1-2H3. The normalized spacial score (nSPS) is 22.3. The second-order valence-corrected chi connectivity index (χ2v) is 10.5. The molecule has 0 saturated carbocycles. The van der Waals surface area contributed by atoms with Gasteiger partial charge in [-0.05, 0) is 92.4 Å². The summed E-state index contributed by atoms with van der Waals surface area (Å²) >= 11 is 6.35. The minimum absolute atomic E-state index is 0.0230. The average Bonchev–Trinajstić information content (AvgIpc) is 2.87. The van der Waals surface area contributed by atoms with Crippen molar-refractivity contribution in [1.82, 2.24) is 19.8 Å². The predicted octanol–water partition coefficient (Wildman–Crippen LogP) is 5.40. The van der Waals surface area contributed by atoms with Crippen molar-refractivity contribution in [3.8, 4) is 0 Å². The van der Waals surface area contributed by atoms with E-state index in [0.717, 1.165) is 61.4 Å². The first kappa shape index (κ1) is 23.3. The fourth-order valence-electron chi connectivity index (χ4n) is 5.60. The van der Waals surface area contributed by atoms with E-state index >= 15 is 0 Å². The average molecular weight is 477 g/mol. The van der Waals surface area contributed by atoms with E-state index in [1.165, 1.54) is 12.0 Å². The van der Waals surface area contributed by atoms with Crippen molar-refractivity contribution in [1.29, 1.82) is 0 Å². The molecule has 5 rings (SSSR count). The van der Waals surface area contributed by atoms with Gasteiger partial charge in [0.05, 0.1) is 0 Å². The number of hydrogen-bond acceptors (Lipinski definition) is 4. The van der Waals surface area contributed by atoms with Crippen molar-refractivity contribution < 1.29 is 4.79 Å². The Morgan fingerprint density at radius 2 is 1.91 bits per heavy atom. The number of pyridine rings is 2. The summed E-state index contributed by atoms with van der Waals surface area (Å²) in [5, 5.41) is 1.83. The molecule has 3 aromatic rings. The van der Waals surface area contributed by atoms with Gasteiger partial charge in [0.15, 0.2) is 5.65 Å². The number of carbonyl (C=O) groups excluding carboxylic acids is 1. The van der Waals surface area contributed by atoms with E-state index in [4.69, 9.17) is 11.6 Å². The van der Waals surface area contributed by atoms with E-state index in [1.54, 1.807) is 6.20 Å². The number of aryl methyl sites for hydroxylation is 1. The van der Waals surface area contributed by atoms with E-state index in [2.05, 4.69) is 46.9 Å². The molecule has 178 valence electrons. The number of hydrogen-bond donors (Lipinski definition) is 0. The lowest BCUT2D eigenvalue weighted by Gasteiger charge is -2.44. The summed E-state index contributed by atoms with van der Waals surface area (Å²) in [6, 6.07) is 14.7. The van der Waals surface area contributed by atoms with Crippen LogP contribution in [-0.2, 0) is 6.42 Å². The Hall–Kier alpha value is -2.50. The van der Waals surface area contributed by atoms with Gasteiger partial charge in [0.1, 0.15) is 5.69 Å². The zero-order chi connectivity index (χ0) is 23.7. The number of nitrogens with zero attached hydrogens (tertiary/aromatic N) is 4. The fourth-order valence-corrected chi connectivity index (χ4v) is 5.80. The second-order valence-electron chi connectivity index (χ2n) is 10.1. The lowest BCUT2D eigenvalue weighted by Crippen LogP contribution is -2.51. The van der Waals surface area contributed by atoms with E-state index in [1.807, 2.05) is 29.2 Å². The maximum Gasteiger partial charge on any atom is 0.272 e. The largest absolute Gasteiger partial charge is 0.337 e. The molecule has 5 nitrogen and oxygen atoms in total. The van der Waals surface area contributed by atoms with Crippen LogP contribution in [0.4, 0.5) is 0 Å². The summed E-state index contributed by atoms with van der Waals surface area (Å²) in [6.07, 6.45) is 6.11. The van der Waals surface area contributed by atoms with Crippen LogP contribution in [0.1, 0.15) is 47.8 Å². The molecule has 6 heteroatoms. The summed E-state index contributed by atoms with van der Waals surface area (Å²) in [6.45, 7) is 8.32. The summed E-state index contributed by atoms with van der Waals surface area (Å²) in [4.78, 5) is 26.5. The van der Waals surface area contributed by atoms with Crippen molar-refractivity contribution in [3.63, 3.8) is 0 Å². The van der Waals surface area contributed by atoms with Crippen LogP contribution in [0.2, 0.25) is 5.02 Å². The first-order valence-electron chi connectivity index (χ1n) is 12.5. The summed E-state index contributed by atoms with van der Waals surface area (Å²) in [5.41, 5.74) is 3.62. The fraction of sp³-hybridized carbons (Fsp3) is 0.464. The monoisotopic (exact) mass is 476 g/mol. The highest BCUT2D eigenvalue weighted by molar-refractivity contribution is 6.31. The lowest BCUT2D eigenvalue weighted by atomic mass is 9.81. The van der Waals surface area contributed by atoms with Gasteiger partial charge in [-0.3, -0.25) is 9.69 Å². The number of fused-ring (bicyclic) bond motifs is 1. The van der Waals surface area contributed by atoms with Crippen molar-refractivity contribution >= 4 is 28.5 Å². The number of carbonyl (C=O) groups is 1. The first-order chi connectivity index (χ1) is 16.5. The Morgan fingerprint density at radius 1 is 1.09 bits per heavy atom. The topological polar surface area (TPSA) is 49.3 Å². The maximum atomic E-state index is 13.1. The van der Waals surface area contributed by atoms with Crippen LogP contribution in [0.25, 0.3) is 11.0 Å². The van der Waals surface area contributed by atoms with Gasteiger partial charge in [-0.1, -0.05) is 30.7 Å². The smallest absolute Gasteiger partial charge is 0.272 e. The maximum absolute atomic E-state index is 13.1. The third-order valence-electron chi connectivity index (χ3n) is 7.80. The minimum atomic E-state index is 0.0230. The highest BCUT2D eigenvalue weighted by Gasteiger charge is 2.33. The molecule has 0 bridgehead atoms. The number of halogens is 1. The van der Waals surface area contributed by atoms with Gasteiger partial charge >= 0.3 is 0 Å². The van der Waals surface area contributed by atoms with Crippen LogP contribution < -0.4 is 0 Å². The van der Waals surface area contributed by atoms with Gasteiger partial charge in [0.2, 0.25) is 0 Å². The van der Waals surface area contributed by atoms with Crippen LogP contribution in [0.15, 0.2) is 48.7 Å². The third-order valence-corrected chi connectivity index (χ3v) is 8.21. The Bertz CT molecular complexity index is 1170. The molecule has 0 N–H and O–H groups in total. The van der Waals surface area contributed by atoms with Crippen LogP contribution >= 0.6 is 11.6 Å². The molecule has 2 saturated heterocycles. The molecular formula is C28H33ClN4O. The highest BCUT2D eigenvalue weighted by Crippen LogP contribution is 2.31. The molecule has 1 amide bonds. The molecule has 34 heavy (non-hydrogen) atoms. The highest BCUT2D eigenvalue weighted by atomic mass is 35.5. The molecule has 2 unspecified atom stereocenters. The Balaban J connectivity index is 1.14. The van der Waals surface area contributed by atoms with Crippen LogP contribution in [0.3, 0.4) is 0 Å². The predicted molar refractivity (Wildman–Crippen MR) is 137 cm³/mol. The number of aromatic nitrogens is 2. The van der Waals surface area contributed by atoms with E-state index in [9.17, 15) is 4.79 Å². The van der Waals surface area contributed by atoms with Crippen molar-refractivity contribution in [2.75, 3.05) is 26.2 Å². The summed E-state index contributed by atoms with van der Waals surface area (Å²) < 4.78 is 0. The van der Waals surface area contributed by atoms with Gasteiger partial charge in [-0.15, -0.1) is 0 Å². The number of likely N-dealkylation sites (tertiary alicyclic amines) is 2. The minimum Gasteiger partial charge on any atom is -0.337 e. The molecule has 2 atom stereocenters. The van der Waals surface area contributed by atoms with Crippen LogP contribution in [-0.4, -0.2) is 57.9 Å². The van der Waals surface area contributed by atoms with E-state index < -0.39 is 0 Å². The van der Waals surface area contributed by atoms with Crippen molar-refractivity contribution in [2.45, 2.75) is 45.6 Å². The van der Waals surface area contributed by atoms with Crippen LogP contribution in [0.5, 0.6) is 0 Å².